The molecular weight excluding hydrogens is 207 g/mol. The number of hydroxylamine groups is 1. The van der Waals surface area contributed by atoms with Crippen LogP contribution in [-0.2, 0) is 14.0 Å². The maximum atomic E-state index is 11.1. The van der Waals surface area contributed by atoms with Gasteiger partial charge in [-0.25, -0.2) is 5.48 Å². The summed E-state index contributed by atoms with van der Waals surface area (Å²) in [6.07, 6.45) is 2.30. The van der Waals surface area contributed by atoms with Crippen molar-refractivity contribution in [1.82, 2.24) is 5.48 Å². The van der Waals surface area contributed by atoms with E-state index in [0.29, 0.717) is 6.42 Å². The lowest BCUT2D eigenvalue weighted by atomic mass is 10.1. The lowest BCUT2D eigenvalue weighted by Crippen LogP contribution is -2.39. The van der Waals surface area contributed by atoms with Crippen molar-refractivity contribution >= 4 is 13.5 Å². The van der Waals surface area contributed by atoms with E-state index < -0.39 is 19.5 Å². The van der Waals surface area contributed by atoms with E-state index in [1.165, 1.54) is 0 Å². The van der Waals surface area contributed by atoms with Gasteiger partial charge in [-0.1, -0.05) is 19.8 Å². The number of unbranched alkanes of at least 4 members (excludes halogenated alkanes) is 1. The van der Waals surface area contributed by atoms with E-state index in [1.54, 1.807) is 0 Å². The van der Waals surface area contributed by atoms with Crippen LogP contribution in [0.3, 0.4) is 0 Å². The SMILES string of the molecule is CCCC[C@H](N)C(=O)NOP(C)(=O)O. The van der Waals surface area contributed by atoms with Gasteiger partial charge in [0.2, 0.25) is 0 Å². The highest BCUT2D eigenvalue weighted by atomic mass is 31.2. The molecule has 14 heavy (non-hydrogen) atoms. The monoisotopic (exact) mass is 224 g/mol. The fourth-order valence-corrected chi connectivity index (χ4v) is 1.02. The Morgan fingerprint density at radius 2 is 2.29 bits per heavy atom. The van der Waals surface area contributed by atoms with Gasteiger partial charge < -0.3 is 10.6 Å². The smallest absolute Gasteiger partial charge is 0.323 e. The molecule has 0 rings (SSSR count). The number of nitrogens with two attached hydrogens (primary N) is 1. The van der Waals surface area contributed by atoms with Crippen molar-refractivity contribution in [3.63, 3.8) is 0 Å². The number of amides is 1. The molecule has 4 N–H and O–H groups in total. The summed E-state index contributed by atoms with van der Waals surface area (Å²) in [5.74, 6) is -0.574. The van der Waals surface area contributed by atoms with Gasteiger partial charge in [0.1, 0.15) is 0 Å². The Balaban J connectivity index is 3.79. The molecule has 0 aliphatic heterocycles. The summed E-state index contributed by atoms with van der Waals surface area (Å²) in [5, 5.41) is 0. The molecule has 0 bridgehead atoms. The fourth-order valence-electron chi connectivity index (χ4n) is 0.760. The van der Waals surface area contributed by atoms with Crippen molar-refractivity contribution in [1.29, 1.82) is 0 Å². The molecule has 84 valence electrons. The molecule has 0 aromatic rings. The van der Waals surface area contributed by atoms with Crippen LogP contribution in [0.15, 0.2) is 0 Å². The van der Waals surface area contributed by atoms with Crippen molar-refractivity contribution in [2.24, 2.45) is 5.73 Å². The van der Waals surface area contributed by atoms with E-state index in [-0.39, 0.29) is 0 Å². The van der Waals surface area contributed by atoms with E-state index in [0.717, 1.165) is 19.5 Å². The van der Waals surface area contributed by atoms with Crippen molar-refractivity contribution in [2.75, 3.05) is 6.66 Å². The second-order valence-corrected chi connectivity index (χ2v) is 4.90. The largest absolute Gasteiger partial charge is 0.346 e. The van der Waals surface area contributed by atoms with Crippen molar-refractivity contribution in [3.05, 3.63) is 0 Å². The Labute approximate surface area is 83.3 Å². The maximum Gasteiger partial charge on any atom is 0.346 e. The zero-order valence-electron chi connectivity index (χ0n) is 8.40. The minimum Gasteiger partial charge on any atom is -0.323 e. The number of carbonyl (C=O) groups is 1. The predicted molar refractivity (Wildman–Crippen MR) is 52.5 cm³/mol. The van der Waals surface area contributed by atoms with Crippen LogP contribution in [0.25, 0.3) is 0 Å². The number of carbonyl (C=O) groups excluding carboxylic acids is 1. The Morgan fingerprint density at radius 1 is 1.71 bits per heavy atom. The quantitative estimate of drug-likeness (QED) is 0.446. The maximum absolute atomic E-state index is 11.1. The molecule has 2 atom stereocenters. The first-order chi connectivity index (χ1) is 6.37. The number of hydrogen-bond acceptors (Lipinski definition) is 4. The highest BCUT2D eigenvalue weighted by Gasteiger charge is 2.17. The topological polar surface area (TPSA) is 102 Å². The molecule has 0 aliphatic rings. The van der Waals surface area contributed by atoms with Crippen LogP contribution in [0, 0.1) is 0 Å². The summed E-state index contributed by atoms with van der Waals surface area (Å²) in [6.45, 7) is 2.96. The standard InChI is InChI=1S/C7H17N2O4P/c1-3-4-5-6(8)7(10)9-13-14(2,11)12/h6H,3-5,8H2,1-2H3,(H,9,10)(H,11,12)/t6-/m0/s1. The molecule has 0 fully saturated rings. The summed E-state index contributed by atoms with van der Waals surface area (Å²) in [6, 6.07) is -0.693. The molecular formula is C7H17N2O4P. The van der Waals surface area contributed by atoms with Gasteiger partial charge in [-0.3, -0.25) is 9.36 Å². The molecule has 1 unspecified atom stereocenters. The van der Waals surface area contributed by atoms with Crippen LogP contribution in [-0.4, -0.2) is 23.5 Å². The lowest BCUT2D eigenvalue weighted by molar-refractivity contribution is -0.129. The zero-order chi connectivity index (χ0) is 11.2. The van der Waals surface area contributed by atoms with E-state index in [1.807, 2.05) is 12.4 Å². The first-order valence-electron chi connectivity index (χ1n) is 4.41. The van der Waals surface area contributed by atoms with Crippen LogP contribution >= 0.6 is 7.60 Å². The fraction of sp³-hybridized carbons (Fsp3) is 0.857. The van der Waals surface area contributed by atoms with Crippen LogP contribution in [0.2, 0.25) is 0 Å². The Morgan fingerprint density at radius 3 is 2.71 bits per heavy atom. The second kappa shape index (κ2) is 6.14. The van der Waals surface area contributed by atoms with Gasteiger partial charge in [0.05, 0.1) is 6.04 Å². The number of hydrogen-bond donors (Lipinski definition) is 3. The number of rotatable bonds is 6. The Hall–Kier alpha value is -0.420. The van der Waals surface area contributed by atoms with Gasteiger partial charge in [0.25, 0.3) is 5.91 Å². The number of nitrogens with one attached hydrogen (secondary N) is 1. The van der Waals surface area contributed by atoms with Gasteiger partial charge in [-0.15, -0.1) is 0 Å². The summed E-state index contributed by atoms with van der Waals surface area (Å²) < 4.78 is 14.9. The molecule has 0 radical (unpaired) electrons. The summed E-state index contributed by atoms with van der Waals surface area (Å²) in [4.78, 5) is 19.8. The van der Waals surface area contributed by atoms with Crippen LogP contribution < -0.4 is 11.2 Å². The van der Waals surface area contributed by atoms with Crippen LogP contribution in [0.1, 0.15) is 26.2 Å². The second-order valence-electron chi connectivity index (χ2n) is 3.11. The highest BCUT2D eigenvalue weighted by Crippen LogP contribution is 2.34. The van der Waals surface area contributed by atoms with Gasteiger partial charge in [0, 0.05) is 6.66 Å². The minimum atomic E-state index is -3.67. The molecule has 0 saturated carbocycles. The average molecular weight is 224 g/mol. The molecule has 0 spiro atoms. The first kappa shape index (κ1) is 13.6. The Kier molecular flexibility index (Phi) is 5.95. The summed E-state index contributed by atoms with van der Waals surface area (Å²) in [7, 11) is -3.67. The molecule has 1 amide bonds. The lowest BCUT2D eigenvalue weighted by Gasteiger charge is -2.12. The van der Waals surface area contributed by atoms with E-state index >= 15 is 0 Å². The van der Waals surface area contributed by atoms with Crippen molar-refractivity contribution < 1.29 is 18.9 Å². The van der Waals surface area contributed by atoms with E-state index in [2.05, 4.69) is 4.62 Å². The molecule has 0 saturated heterocycles. The Bertz CT molecular complexity index is 228. The molecule has 0 aromatic carbocycles. The van der Waals surface area contributed by atoms with Gasteiger partial charge in [-0.05, 0) is 6.42 Å². The molecule has 6 nitrogen and oxygen atoms in total. The first-order valence-corrected chi connectivity index (χ1v) is 6.43. The highest BCUT2D eigenvalue weighted by molar-refractivity contribution is 7.51. The summed E-state index contributed by atoms with van der Waals surface area (Å²) >= 11 is 0. The minimum absolute atomic E-state index is 0.533. The third kappa shape index (κ3) is 7.03. The molecule has 0 aromatic heterocycles. The molecule has 0 aliphatic carbocycles. The van der Waals surface area contributed by atoms with Crippen molar-refractivity contribution in [3.8, 4) is 0 Å². The average Bonchev–Trinajstić information content (AvgIpc) is 2.09. The van der Waals surface area contributed by atoms with E-state index in [9.17, 15) is 9.36 Å². The molecule has 7 heteroatoms. The van der Waals surface area contributed by atoms with Gasteiger partial charge in [-0.2, -0.15) is 4.62 Å². The summed E-state index contributed by atoms with van der Waals surface area (Å²) in [5.41, 5.74) is 7.32. The van der Waals surface area contributed by atoms with Crippen LogP contribution in [0.5, 0.6) is 0 Å². The van der Waals surface area contributed by atoms with Crippen LogP contribution in [0.4, 0.5) is 0 Å². The van der Waals surface area contributed by atoms with Gasteiger partial charge in [0.15, 0.2) is 0 Å². The zero-order valence-corrected chi connectivity index (χ0v) is 9.29. The normalized spacial score (nSPS) is 17.1. The molecule has 0 heterocycles. The van der Waals surface area contributed by atoms with Gasteiger partial charge >= 0.3 is 7.60 Å². The van der Waals surface area contributed by atoms with Crippen molar-refractivity contribution in [2.45, 2.75) is 32.2 Å². The third-order valence-corrected chi connectivity index (χ3v) is 1.95. The van der Waals surface area contributed by atoms with E-state index in [4.69, 9.17) is 10.6 Å². The predicted octanol–water partition coefficient (Wildman–Crippen LogP) is 0.367. The third-order valence-electron chi connectivity index (χ3n) is 1.52.